The molecule has 1 fully saturated rings. The zero-order valence-corrected chi connectivity index (χ0v) is 18.5. The van der Waals surface area contributed by atoms with Gasteiger partial charge < -0.3 is 15.0 Å². The molecule has 0 unspecified atom stereocenters. The Labute approximate surface area is 170 Å². The summed E-state index contributed by atoms with van der Waals surface area (Å²) in [6.45, 7) is 8.05. The Morgan fingerprint density at radius 3 is 2.56 bits per heavy atom. The van der Waals surface area contributed by atoms with E-state index in [0.29, 0.717) is 0 Å². The van der Waals surface area contributed by atoms with E-state index in [1.807, 2.05) is 7.05 Å². The second kappa shape index (κ2) is 11.0. The van der Waals surface area contributed by atoms with Crippen molar-refractivity contribution in [3.63, 3.8) is 0 Å². The van der Waals surface area contributed by atoms with Crippen molar-refractivity contribution in [2.45, 2.75) is 44.9 Å². The van der Waals surface area contributed by atoms with Crippen LogP contribution in [0.25, 0.3) is 0 Å². The molecule has 0 radical (unpaired) electrons. The topological polar surface area (TPSA) is 36.9 Å². The minimum Gasteiger partial charge on any atom is -0.381 e. The minimum absolute atomic E-state index is 0. The summed E-state index contributed by atoms with van der Waals surface area (Å²) >= 11 is 0. The van der Waals surface area contributed by atoms with Crippen molar-refractivity contribution in [2.75, 3.05) is 40.4 Å². The lowest BCUT2D eigenvalue weighted by Crippen LogP contribution is -2.48. The first-order valence-corrected chi connectivity index (χ1v) is 9.18. The van der Waals surface area contributed by atoms with Gasteiger partial charge in [0.2, 0.25) is 0 Å². The third-order valence-corrected chi connectivity index (χ3v) is 5.17. The van der Waals surface area contributed by atoms with E-state index in [1.54, 1.807) is 0 Å². The van der Waals surface area contributed by atoms with E-state index < -0.39 is 0 Å². The number of rotatable bonds is 6. The van der Waals surface area contributed by atoms with Crippen LogP contribution in [-0.4, -0.2) is 51.3 Å². The van der Waals surface area contributed by atoms with Crippen LogP contribution in [0.3, 0.4) is 0 Å². The Kier molecular flexibility index (Phi) is 9.79. The molecule has 0 amide bonds. The van der Waals surface area contributed by atoms with Crippen LogP contribution in [0.15, 0.2) is 29.3 Å². The molecule has 1 aliphatic heterocycles. The van der Waals surface area contributed by atoms with Crippen molar-refractivity contribution in [2.24, 2.45) is 4.99 Å². The molecule has 1 aliphatic rings. The molecule has 0 spiro atoms. The van der Waals surface area contributed by atoms with Crippen molar-refractivity contribution in [3.8, 4) is 0 Å². The van der Waals surface area contributed by atoms with E-state index in [1.165, 1.54) is 24.0 Å². The first-order chi connectivity index (χ1) is 11.6. The molecule has 0 bridgehead atoms. The van der Waals surface area contributed by atoms with Crippen LogP contribution in [0, 0.1) is 6.92 Å². The zero-order valence-electron chi connectivity index (χ0n) is 16.2. The van der Waals surface area contributed by atoms with Crippen molar-refractivity contribution < 1.29 is 4.74 Å². The molecule has 0 atom stereocenters. The van der Waals surface area contributed by atoms with Crippen molar-refractivity contribution in [3.05, 3.63) is 35.4 Å². The van der Waals surface area contributed by atoms with Crippen LogP contribution in [0.2, 0.25) is 0 Å². The molecule has 1 N–H and O–H groups in total. The van der Waals surface area contributed by atoms with Crippen molar-refractivity contribution in [1.82, 2.24) is 10.2 Å². The van der Waals surface area contributed by atoms with E-state index in [-0.39, 0.29) is 29.4 Å². The number of ether oxygens (including phenoxy) is 1. The summed E-state index contributed by atoms with van der Waals surface area (Å²) in [5.41, 5.74) is 2.95. The van der Waals surface area contributed by atoms with Gasteiger partial charge in [-0.1, -0.05) is 37.6 Å². The van der Waals surface area contributed by atoms with Gasteiger partial charge in [0.05, 0.1) is 0 Å². The van der Waals surface area contributed by atoms with Crippen LogP contribution in [0.5, 0.6) is 0 Å². The Morgan fingerprint density at radius 1 is 1.28 bits per heavy atom. The summed E-state index contributed by atoms with van der Waals surface area (Å²) < 4.78 is 5.65. The normalized spacial score (nSPS) is 16.9. The number of nitrogens with one attached hydrogen (secondary N) is 1. The molecule has 0 saturated carbocycles. The fraction of sp³-hybridized carbons (Fsp3) is 0.650. The Balaban J connectivity index is 0.00000312. The highest BCUT2D eigenvalue weighted by atomic mass is 127. The summed E-state index contributed by atoms with van der Waals surface area (Å²) in [5, 5.41) is 3.63. The standard InChI is InChI=1S/C20H33N3O.HI/c1-5-6-13-23(4)19(21-3)22-16-20(11-14-24-15-12-20)18-10-8-7-9-17(18)2;/h7-10H,5-6,11-16H2,1-4H3,(H,21,22);1H. The smallest absolute Gasteiger partial charge is 0.193 e. The van der Waals surface area contributed by atoms with Gasteiger partial charge in [0, 0.05) is 45.8 Å². The second-order valence-electron chi connectivity index (χ2n) is 6.88. The van der Waals surface area contributed by atoms with Crippen molar-refractivity contribution >= 4 is 29.9 Å². The van der Waals surface area contributed by atoms with Gasteiger partial charge in [-0.3, -0.25) is 4.99 Å². The largest absolute Gasteiger partial charge is 0.381 e. The van der Waals surface area contributed by atoms with Crippen LogP contribution < -0.4 is 5.32 Å². The zero-order chi connectivity index (χ0) is 17.4. The number of halogens is 1. The quantitative estimate of drug-likeness (QED) is 0.398. The maximum absolute atomic E-state index is 5.65. The van der Waals surface area contributed by atoms with Gasteiger partial charge in [-0.05, 0) is 37.3 Å². The minimum atomic E-state index is 0. The highest BCUT2D eigenvalue weighted by molar-refractivity contribution is 14.0. The van der Waals surface area contributed by atoms with Gasteiger partial charge in [0.15, 0.2) is 5.96 Å². The van der Waals surface area contributed by atoms with Crippen LogP contribution in [0.1, 0.15) is 43.7 Å². The van der Waals surface area contributed by atoms with E-state index in [2.05, 4.69) is 60.4 Å². The average Bonchev–Trinajstić information content (AvgIpc) is 2.61. The number of aliphatic imine (C=N–C) groups is 1. The molecule has 5 heteroatoms. The molecule has 142 valence electrons. The number of hydrogen-bond donors (Lipinski definition) is 1. The lowest BCUT2D eigenvalue weighted by molar-refractivity contribution is 0.0510. The van der Waals surface area contributed by atoms with Gasteiger partial charge >= 0.3 is 0 Å². The summed E-state index contributed by atoms with van der Waals surface area (Å²) in [6.07, 6.45) is 4.50. The van der Waals surface area contributed by atoms with Gasteiger partial charge in [-0.2, -0.15) is 0 Å². The molecular weight excluding hydrogens is 425 g/mol. The molecule has 1 aromatic carbocycles. The number of unbranched alkanes of at least 4 members (excludes halogenated alkanes) is 1. The van der Waals surface area contributed by atoms with Crippen LogP contribution in [-0.2, 0) is 10.2 Å². The molecule has 0 aromatic heterocycles. The average molecular weight is 459 g/mol. The van der Waals surface area contributed by atoms with Gasteiger partial charge in [-0.15, -0.1) is 24.0 Å². The van der Waals surface area contributed by atoms with E-state index in [0.717, 1.165) is 45.1 Å². The van der Waals surface area contributed by atoms with Gasteiger partial charge in [-0.25, -0.2) is 0 Å². The van der Waals surface area contributed by atoms with E-state index >= 15 is 0 Å². The highest BCUT2D eigenvalue weighted by Gasteiger charge is 2.35. The van der Waals surface area contributed by atoms with Crippen LogP contribution in [0.4, 0.5) is 0 Å². The first kappa shape index (κ1) is 22.2. The molecule has 25 heavy (non-hydrogen) atoms. The lowest BCUT2D eigenvalue weighted by Gasteiger charge is -2.39. The number of benzene rings is 1. The Hall–Kier alpha value is -0.820. The molecule has 2 rings (SSSR count). The molecular formula is C20H34IN3O. The predicted molar refractivity (Wildman–Crippen MR) is 117 cm³/mol. The molecule has 1 heterocycles. The lowest BCUT2D eigenvalue weighted by atomic mass is 9.72. The number of hydrogen-bond acceptors (Lipinski definition) is 2. The molecule has 1 saturated heterocycles. The SMILES string of the molecule is CCCCN(C)C(=NC)NCC1(c2ccccc2C)CCOCC1.I. The summed E-state index contributed by atoms with van der Waals surface area (Å²) in [6, 6.07) is 8.78. The van der Waals surface area contributed by atoms with Crippen LogP contribution >= 0.6 is 24.0 Å². The molecule has 1 aromatic rings. The monoisotopic (exact) mass is 459 g/mol. The fourth-order valence-electron chi connectivity index (χ4n) is 3.61. The van der Waals surface area contributed by atoms with E-state index in [9.17, 15) is 0 Å². The first-order valence-electron chi connectivity index (χ1n) is 9.18. The molecule has 0 aliphatic carbocycles. The highest BCUT2D eigenvalue weighted by Crippen LogP contribution is 2.36. The number of aryl methyl sites for hydroxylation is 1. The number of guanidine groups is 1. The summed E-state index contributed by atoms with van der Waals surface area (Å²) in [4.78, 5) is 6.70. The second-order valence-corrected chi connectivity index (χ2v) is 6.88. The Bertz CT molecular complexity index is 541. The Morgan fingerprint density at radius 2 is 1.96 bits per heavy atom. The van der Waals surface area contributed by atoms with Gasteiger partial charge in [0.25, 0.3) is 0 Å². The van der Waals surface area contributed by atoms with E-state index in [4.69, 9.17) is 4.74 Å². The van der Waals surface area contributed by atoms with Gasteiger partial charge in [0.1, 0.15) is 0 Å². The fourth-order valence-corrected chi connectivity index (χ4v) is 3.61. The molecule has 4 nitrogen and oxygen atoms in total. The summed E-state index contributed by atoms with van der Waals surface area (Å²) in [7, 11) is 3.99. The van der Waals surface area contributed by atoms with Crippen molar-refractivity contribution in [1.29, 1.82) is 0 Å². The number of nitrogens with zero attached hydrogens (tertiary/aromatic N) is 2. The third-order valence-electron chi connectivity index (χ3n) is 5.17. The maximum atomic E-state index is 5.65. The third kappa shape index (κ3) is 5.84. The summed E-state index contributed by atoms with van der Waals surface area (Å²) in [5.74, 6) is 0.989. The maximum Gasteiger partial charge on any atom is 0.193 e. The predicted octanol–water partition coefficient (Wildman–Crippen LogP) is 3.97.